The molecule has 0 spiro atoms. The van der Waals surface area contributed by atoms with E-state index in [2.05, 4.69) is 10.3 Å². The van der Waals surface area contributed by atoms with E-state index in [9.17, 15) is 13.6 Å². The molecule has 1 aromatic heterocycles. The van der Waals surface area contributed by atoms with Crippen molar-refractivity contribution in [2.24, 2.45) is 0 Å². The fourth-order valence-electron chi connectivity index (χ4n) is 2.60. The topological polar surface area (TPSA) is 42.0 Å². The van der Waals surface area contributed by atoms with Crippen LogP contribution in [-0.4, -0.2) is 16.9 Å². The lowest BCUT2D eigenvalue weighted by Crippen LogP contribution is -2.32. The van der Waals surface area contributed by atoms with Crippen LogP contribution in [0.2, 0.25) is 0 Å². The van der Waals surface area contributed by atoms with Crippen molar-refractivity contribution in [2.45, 2.75) is 31.7 Å². The summed E-state index contributed by atoms with van der Waals surface area (Å²) in [6.45, 7) is 0. The van der Waals surface area contributed by atoms with Crippen molar-refractivity contribution in [1.29, 1.82) is 0 Å². The van der Waals surface area contributed by atoms with Gasteiger partial charge in [-0.15, -0.1) is 0 Å². The van der Waals surface area contributed by atoms with E-state index in [0.29, 0.717) is 10.9 Å². The molecule has 0 atom stereocenters. The Bertz CT molecular complexity index is 666. The van der Waals surface area contributed by atoms with E-state index in [1.54, 1.807) is 0 Å². The second-order valence-electron chi connectivity index (χ2n) is 5.11. The number of pyridine rings is 1. The second kappa shape index (κ2) is 5.15. The lowest BCUT2D eigenvalue weighted by molar-refractivity contribution is 0.0937. The van der Waals surface area contributed by atoms with Crippen LogP contribution in [-0.2, 0) is 0 Å². The smallest absolute Gasteiger partial charge is 0.253 e. The molecule has 5 heteroatoms. The van der Waals surface area contributed by atoms with Crippen LogP contribution in [0.4, 0.5) is 8.78 Å². The van der Waals surface area contributed by atoms with Gasteiger partial charge in [0.25, 0.3) is 5.91 Å². The van der Waals surface area contributed by atoms with Gasteiger partial charge in [-0.25, -0.2) is 8.78 Å². The second-order valence-corrected chi connectivity index (χ2v) is 5.11. The zero-order valence-electron chi connectivity index (χ0n) is 10.8. The van der Waals surface area contributed by atoms with Crippen molar-refractivity contribution >= 4 is 16.8 Å². The van der Waals surface area contributed by atoms with Gasteiger partial charge in [0.15, 0.2) is 11.6 Å². The van der Waals surface area contributed by atoms with E-state index in [4.69, 9.17) is 0 Å². The fourth-order valence-corrected chi connectivity index (χ4v) is 2.60. The Morgan fingerprint density at radius 3 is 2.75 bits per heavy atom. The first-order valence-corrected chi connectivity index (χ1v) is 6.70. The summed E-state index contributed by atoms with van der Waals surface area (Å²) in [5.41, 5.74) is 0.317. The molecular formula is C15H14F2N2O. The van der Waals surface area contributed by atoms with E-state index in [1.165, 1.54) is 18.3 Å². The van der Waals surface area contributed by atoms with Gasteiger partial charge in [-0.1, -0.05) is 12.8 Å². The van der Waals surface area contributed by atoms with Gasteiger partial charge in [0.1, 0.15) is 5.52 Å². The third kappa shape index (κ3) is 2.35. The van der Waals surface area contributed by atoms with Crippen LogP contribution in [0.25, 0.3) is 10.9 Å². The Balaban J connectivity index is 1.88. The minimum absolute atomic E-state index is 0.0533. The van der Waals surface area contributed by atoms with Crippen molar-refractivity contribution in [3.8, 4) is 0 Å². The first-order valence-electron chi connectivity index (χ1n) is 6.70. The lowest BCUT2D eigenvalue weighted by atomic mass is 10.1. The van der Waals surface area contributed by atoms with Crippen molar-refractivity contribution in [3.05, 3.63) is 41.6 Å². The number of halogens is 2. The van der Waals surface area contributed by atoms with Crippen molar-refractivity contribution in [1.82, 2.24) is 10.3 Å². The fraction of sp³-hybridized carbons (Fsp3) is 0.333. The number of hydrogen-bond acceptors (Lipinski definition) is 2. The van der Waals surface area contributed by atoms with Gasteiger partial charge in [0.2, 0.25) is 0 Å². The molecule has 0 aliphatic heterocycles. The number of nitrogens with zero attached hydrogens (tertiary/aromatic N) is 1. The van der Waals surface area contributed by atoms with Gasteiger partial charge in [0.05, 0.1) is 5.56 Å². The van der Waals surface area contributed by atoms with E-state index >= 15 is 0 Å². The molecule has 104 valence electrons. The van der Waals surface area contributed by atoms with E-state index < -0.39 is 11.6 Å². The number of hydrogen-bond donors (Lipinski definition) is 1. The van der Waals surface area contributed by atoms with Gasteiger partial charge in [0, 0.05) is 17.6 Å². The molecule has 1 aromatic carbocycles. The SMILES string of the molecule is O=C(NC1CCCC1)c1cnc2c(F)c(F)ccc2c1. The van der Waals surface area contributed by atoms with Gasteiger partial charge < -0.3 is 5.32 Å². The Labute approximate surface area is 115 Å². The minimum Gasteiger partial charge on any atom is -0.349 e. The van der Waals surface area contributed by atoms with Gasteiger partial charge >= 0.3 is 0 Å². The maximum Gasteiger partial charge on any atom is 0.253 e. The summed E-state index contributed by atoms with van der Waals surface area (Å²) >= 11 is 0. The average Bonchev–Trinajstić information content (AvgIpc) is 2.95. The molecule has 3 nitrogen and oxygen atoms in total. The molecule has 1 saturated carbocycles. The highest BCUT2D eigenvalue weighted by Crippen LogP contribution is 2.21. The Kier molecular flexibility index (Phi) is 3.34. The number of aromatic nitrogens is 1. The van der Waals surface area contributed by atoms with E-state index in [0.717, 1.165) is 31.7 Å². The maximum atomic E-state index is 13.5. The largest absolute Gasteiger partial charge is 0.349 e. The summed E-state index contributed by atoms with van der Waals surface area (Å²) < 4.78 is 26.6. The summed E-state index contributed by atoms with van der Waals surface area (Å²) in [6, 6.07) is 4.21. The first-order chi connectivity index (χ1) is 9.65. The highest BCUT2D eigenvalue weighted by atomic mass is 19.2. The molecular weight excluding hydrogens is 262 g/mol. The number of rotatable bonds is 2. The summed E-state index contributed by atoms with van der Waals surface area (Å²) in [4.78, 5) is 15.9. The van der Waals surface area contributed by atoms with Crippen molar-refractivity contribution in [2.75, 3.05) is 0 Å². The Hall–Kier alpha value is -2.04. The van der Waals surface area contributed by atoms with Gasteiger partial charge in [-0.05, 0) is 31.0 Å². The predicted molar refractivity (Wildman–Crippen MR) is 71.4 cm³/mol. The molecule has 3 rings (SSSR count). The molecule has 1 fully saturated rings. The standard InChI is InChI=1S/C15H14F2N2O/c16-12-6-5-9-7-10(8-18-14(9)13(12)17)15(20)19-11-3-1-2-4-11/h5-8,11H,1-4H2,(H,19,20). The van der Waals surface area contributed by atoms with Crippen LogP contribution in [0.1, 0.15) is 36.0 Å². The molecule has 20 heavy (non-hydrogen) atoms. The number of benzene rings is 1. The summed E-state index contributed by atoms with van der Waals surface area (Å²) in [7, 11) is 0. The zero-order valence-corrected chi connectivity index (χ0v) is 10.8. The van der Waals surface area contributed by atoms with E-state index in [1.807, 2.05) is 0 Å². The Morgan fingerprint density at radius 1 is 1.25 bits per heavy atom. The predicted octanol–water partition coefficient (Wildman–Crippen LogP) is 3.19. The normalized spacial score (nSPS) is 15.7. The molecule has 1 N–H and O–H groups in total. The summed E-state index contributed by atoms with van der Waals surface area (Å²) in [6.07, 6.45) is 5.53. The van der Waals surface area contributed by atoms with Crippen LogP contribution < -0.4 is 5.32 Å². The molecule has 0 radical (unpaired) electrons. The number of nitrogens with one attached hydrogen (secondary N) is 1. The number of amides is 1. The molecule has 0 bridgehead atoms. The van der Waals surface area contributed by atoms with Crippen LogP contribution in [0.15, 0.2) is 24.4 Å². The third-order valence-electron chi connectivity index (χ3n) is 3.70. The average molecular weight is 276 g/mol. The Morgan fingerprint density at radius 2 is 2.00 bits per heavy atom. The first kappa shape index (κ1) is 13.0. The molecule has 0 unspecified atom stereocenters. The molecule has 1 aliphatic carbocycles. The number of fused-ring (bicyclic) bond motifs is 1. The molecule has 1 heterocycles. The maximum absolute atomic E-state index is 13.5. The minimum atomic E-state index is -0.981. The number of carbonyl (C=O) groups is 1. The lowest BCUT2D eigenvalue weighted by Gasteiger charge is -2.12. The van der Waals surface area contributed by atoms with Crippen LogP contribution in [0.5, 0.6) is 0 Å². The van der Waals surface area contributed by atoms with Crippen LogP contribution in [0.3, 0.4) is 0 Å². The quantitative estimate of drug-likeness (QED) is 0.915. The molecule has 1 aliphatic rings. The molecule has 2 aromatic rings. The highest BCUT2D eigenvalue weighted by molar-refractivity contribution is 5.97. The van der Waals surface area contributed by atoms with Crippen LogP contribution >= 0.6 is 0 Å². The van der Waals surface area contributed by atoms with Gasteiger partial charge in [-0.3, -0.25) is 9.78 Å². The highest BCUT2D eigenvalue weighted by Gasteiger charge is 2.18. The van der Waals surface area contributed by atoms with Gasteiger partial charge in [-0.2, -0.15) is 0 Å². The monoisotopic (exact) mass is 276 g/mol. The zero-order chi connectivity index (χ0) is 14.1. The number of carbonyl (C=O) groups excluding carboxylic acids is 1. The molecule has 0 saturated heterocycles. The van der Waals surface area contributed by atoms with Crippen LogP contribution in [0, 0.1) is 11.6 Å². The summed E-state index contributed by atoms with van der Waals surface area (Å²) in [5, 5.41) is 3.36. The molecule has 1 amide bonds. The van der Waals surface area contributed by atoms with Crippen molar-refractivity contribution < 1.29 is 13.6 Å². The van der Waals surface area contributed by atoms with E-state index in [-0.39, 0.29) is 17.5 Å². The van der Waals surface area contributed by atoms with Crippen molar-refractivity contribution in [3.63, 3.8) is 0 Å². The summed E-state index contributed by atoms with van der Waals surface area (Å²) in [5.74, 6) is -2.13. The third-order valence-corrected chi connectivity index (χ3v) is 3.70.